The minimum atomic E-state index is 0.506. The number of hydrogen-bond donors (Lipinski definition) is 1. The number of rotatable bonds is 0. The van der Waals surface area contributed by atoms with E-state index >= 15 is 0 Å². The molecule has 0 aromatic heterocycles. The average molecular weight is 141 g/mol. The Balaban J connectivity index is 2.52. The Morgan fingerprint density at radius 3 is 2.30 bits per heavy atom. The van der Waals surface area contributed by atoms with E-state index in [0.29, 0.717) is 5.41 Å². The molecule has 0 bridgehead atoms. The first kappa shape index (κ1) is 8.06. The molecule has 1 fully saturated rings. The van der Waals surface area contributed by atoms with E-state index in [1.807, 2.05) is 0 Å². The summed E-state index contributed by atoms with van der Waals surface area (Å²) >= 11 is 0. The van der Waals surface area contributed by atoms with Crippen LogP contribution in [-0.2, 0) is 0 Å². The second-order valence-corrected chi connectivity index (χ2v) is 4.41. The Morgan fingerprint density at radius 2 is 1.90 bits per heavy atom. The largest absolute Gasteiger partial charge is 0.314 e. The molecule has 0 spiro atoms. The molecule has 0 aliphatic carbocycles. The fourth-order valence-corrected chi connectivity index (χ4v) is 1.54. The van der Waals surface area contributed by atoms with Gasteiger partial charge in [0.15, 0.2) is 0 Å². The van der Waals surface area contributed by atoms with E-state index in [9.17, 15) is 0 Å². The summed E-state index contributed by atoms with van der Waals surface area (Å²) < 4.78 is 0. The summed E-state index contributed by atoms with van der Waals surface area (Å²) in [6.07, 6.45) is 1.33. The monoisotopic (exact) mass is 141 g/mol. The molecule has 1 nitrogen and oxygen atoms in total. The lowest BCUT2D eigenvalue weighted by Crippen LogP contribution is -2.46. The van der Waals surface area contributed by atoms with Crippen LogP contribution in [0.3, 0.4) is 0 Å². The van der Waals surface area contributed by atoms with Gasteiger partial charge in [-0.3, -0.25) is 0 Å². The smallest absolute Gasteiger partial charge is 0.00417 e. The van der Waals surface area contributed by atoms with Gasteiger partial charge in [-0.1, -0.05) is 20.8 Å². The van der Waals surface area contributed by atoms with Crippen LogP contribution >= 0.6 is 0 Å². The lowest BCUT2D eigenvalue weighted by Gasteiger charge is -2.40. The maximum atomic E-state index is 3.50. The zero-order valence-electron chi connectivity index (χ0n) is 7.57. The Hall–Kier alpha value is -0.0400. The fourth-order valence-electron chi connectivity index (χ4n) is 1.54. The SMILES string of the molecule is CC1C[C@H](C)NCC1(C)C. The third-order valence-corrected chi connectivity index (χ3v) is 2.95. The molecule has 1 aliphatic heterocycles. The van der Waals surface area contributed by atoms with Crippen molar-refractivity contribution < 1.29 is 0 Å². The standard InChI is InChI=1S/C9H19N/c1-7-5-8(2)10-6-9(7,3)4/h7-8,10H,5-6H2,1-4H3/t7?,8-/m0/s1. The van der Waals surface area contributed by atoms with Crippen LogP contribution in [0.2, 0.25) is 0 Å². The molecule has 1 heteroatoms. The normalized spacial score (nSPS) is 39.6. The van der Waals surface area contributed by atoms with Gasteiger partial charge >= 0.3 is 0 Å². The zero-order chi connectivity index (χ0) is 7.78. The molecule has 0 radical (unpaired) electrons. The van der Waals surface area contributed by atoms with Gasteiger partial charge in [0.1, 0.15) is 0 Å². The summed E-state index contributed by atoms with van der Waals surface area (Å²) in [5.41, 5.74) is 0.506. The van der Waals surface area contributed by atoms with E-state index in [-0.39, 0.29) is 0 Å². The van der Waals surface area contributed by atoms with Crippen LogP contribution in [0.15, 0.2) is 0 Å². The first-order chi connectivity index (χ1) is 4.52. The summed E-state index contributed by atoms with van der Waals surface area (Å²) in [7, 11) is 0. The number of nitrogens with one attached hydrogen (secondary N) is 1. The molecule has 0 aromatic rings. The van der Waals surface area contributed by atoms with E-state index < -0.39 is 0 Å². The molecule has 0 aromatic carbocycles. The van der Waals surface area contributed by atoms with Gasteiger partial charge in [-0.2, -0.15) is 0 Å². The van der Waals surface area contributed by atoms with Gasteiger partial charge in [0.25, 0.3) is 0 Å². The molecule has 1 aliphatic rings. The first-order valence-corrected chi connectivity index (χ1v) is 4.26. The lowest BCUT2D eigenvalue weighted by molar-refractivity contribution is 0.145. The second kappa shape index (κ2) is 2.54. The highest BCUT2D eigenvalue weighted by Crippen LogP contribution is 2.32. The predicted octanol–water partition coefficient (Wildman–Crippen LogP) is 2.03. The molecular formula is C9H19N. The van der Waals surface area contributed by atoms with E-state index in [1.54, 1.807) is 0 Å². The molecule has 1 unspecified atom stereocenters. The average Bonchev–Trinajstić information content (AvgIpc) is 1.81. The highest BCUT2D eigenvalue weighted by molar-refractivity contribution is 4.85. The zero-order valence-corrected chi connectivity index (χ0v) is 7.57. The maximum absolute atomic E-state index is 3.50. The summed E-state index contributed by atoms with van der Waals surface area (Å²) in [6.45, 7) is 10.5. The molecule has 60 valence electrons. The first-order valence-electron chi connectivity index (χ1n) is 4.26. The highest BCUT2D eigenvalue weighted by Gasteiger charge is 2.31. The van der Waals surface area contributed by atoms with Gasteiger partial charge < -0.3 is 5.32 Å². The molecule has 2 atom stereocenters. The summed E-state index contributed by atoms with van der Waals surface area (Å²) in [6, 6.07) is 0.725. The summed E-state index contributed by atoms with van der Waals surface area (Å²) in [4.78, 5) is 0. The van der Waals surface area contributed by atoms with Crippen molar-refractivity contribution in [2.45, 2.75) is 40.2 Å². The van der Waals surface area contributed by atoms with Crippen molar-refractivity contribution in [1.82, 2.24) is 5.32 Å². The molecule has 1 saturated heterocycles. The lowest BCUT2D eigenvalue weighted by atomic mass is 9.74. The van der Waals surface area contributed by atoms with Crippen LogP contribution in [0.4, 0.5) is 0 Å². The Labute approximate surface area is 64.2 Å². The van der Waals surface area contributed by atoms with Crippen molar-refractivity contribution in [1.29, 1.82) is 0 Å². The van der Waals surface area contributed by atoms with E-state index in [1.165, 1.54) is 13.0 Å². The number of piperidine rings is 1. The van der Waals surface area contributed by atoms with Crippen molar-refractivity contribution in [2.75, 3.05) is 6.54 Å². The second-order valence-electron chi connectivity index (χ2n) is 4.41. The molecular weight excluding hydrogens is 122 g/mol. The minimum absolute atomic E-state index is 0.506. The van der Waals surface area contributed by atoms with Crippen molar-refractivity contribution in [3.8, 4) is 0 Å². The van der Waals surface area contributed by atoms with Gasteiger partial charge in [-0.15, -0.1) is 0 Å². The van der Waals surface area contributed by atoms with Crippen LogP contribution in [0.25, 0.3) is 0 Å². The van der Waals surface area contributed by atoms with Crippen LogP contribution in [0.5, 0.6) is 0 Å². The van der Waals surface area contributed by atoms with Gasteiger partial charge in [-0.05, 0) is 24.7 Å². The molecule has 10 heavy (non-hydrogen) atoms. The maximum Gasteiger partial charge on any atom is 0.00417 e. The van der Waals surface area contributed by atoms with Gasteiger partial charge in [0.05, 0.1) is 0 Å². The molecule has 1 rings (SSSR count). The van der Waals surface area contributed by atoms with E-state index in [2.05, 4.69) is 33.0 Å². The highest BCUT2D eigenvalue weighted by atomic mass is 14.9. The minimum Gasteiger partial charge on any atom is -0.314 e. The number of hydrogen-bond acceptors (Lipinski definition) is 1. The van der Waals surface area contributed by atoms with E-state index in [0.717, 1.165) is 12.0 Å². The molecule has 0 amide bonds. The Morgan fingerprint density at radius 1 is 1.30 bits per heavy atom. The van der Waals surface area contributed by atoms with Crippen molar-refractivity contribution in [3.05, 3.63) is 0 Å². The van der Waals surface area contributed by atoms with Gasteiger partial charge in [0, 0.05) is 12.6 Å². The van der Waals surface area contributed by atoms with Crippen LogP contribution in [0, 0.1) is 11.3 Å². The topological polar surface area (TPSA) is 12.0 Å². The van der Waals surface area contributed by atoms with E-state index in [4.69, 9.17) is 0 Å². The predicted molar refractivity (Wildman–Crippen MR) is 45.0 cm³/mol. The van der Waals surface area contributed by atoms with Gasteiger partial charge in [0.2, 0.25) is 0 Å². The summed E-state index contributed by atoms with van der Waals surface area (Å²) in [5, 5.41) is 3.50. The van der Waals surface area contributed by atoms with Crippen LogP contribution < -0.4 is 5.32 Å². The van der Waals surface area contributed by atoms with Gasteiger partial charge in [-0.25, -0.2) is 0 Å². The van der Waals surface area contributed by atoms with Crippen molar-refractivity contribution in [2.24, 2.45) is 11.3 Å². The Kier molecular flexibility index (Phi) is 2.04. The van der Waals surface area contributed by atoms with Crippen LogP contribution in [0.1, 0.15) is 34.1 Å². The molecule has 1 N–H and O–H groups in total. The third-order valence-electron chi connectivity index (χ3n) is 2.95. The summed E-state index contributed by atoms with van der Waals surface area (Å²) in [5.74, 6) is 0.865. The van der Waals surface area contributed by atoms with Crippen molar-refractivity contribution >= 4 is 0 Å². The van der Waals surface area contributed by atoms with Crippen molar-refractivity contribution in [3.63, 3.8) is 0 Å². The third kappa shape index (κ3) is 1.51. The molecule has 0 saturated carbocycles. The van der Waals surface area contributed by atoms with Crippen LogP contribution in [-0.4, -0.2) is 12.6 Å². The quantitative estimate of drug-likeness (QED) is 0.544. The fraction of sp³-hybridized carbons (Fsp3) is 1.00. The molecule has 1 heterocycles. The Bertz CT molecular complexity index is 118.